The predicted octanol–water partition coefficient (Wildman–Crippen LogP) is 8.85. The molecule has 0 aliphatic heterocycles. The fourth-order valence-corrected chi connectivity index (χ4v) is 21.5. The number of carbonyl (C=O) groups is 7. The number of nitrogens with one attached hydrogen (secondary N) is 3. The third-order valence-electron chi connectivity index (χ3n) is 14.1. The molecule has 0 fully saturated rings. The van der Waals surface area contributed by atoms with E-state index < -0.39 is 175 Å². The van der Waals surface area contributed by atoms with Gasteiger partial charge < -0.3 is 143 Å². The average Bonchev–Trinajstić information content (AvgIpc) is 0.755. The van der Waals surface area contributed by atoms with Crippen LogP contribution in [-0.4, -0.2) is 290 Å². The maximum absolute atomic E-state index is 12.7. The van der Waals surface area contributed by atoms with E-state index in [1.807, 2.05) is 0 Å². The van der Waals surface area contributed by atoms with Crippen LogP contribution in [0.2, 0.25) is 0 Å². The van der Waals surface area contributed by atoms with E-state index in [0.717, 1.165) is 49.3 Å². The number of alkyl halides is 1. The number of amides is 1. The summed E-state index contributed by atoms with van der Waals surface area (Å²) in [5.74, 6) is -2.68. The summed E-state index contributed by atoms with van der Waals surface area (Å²) in [6, 6.07) is 0. The Morgan fingerprint density at radius 1 is 0.391 bits per heavy atom. The first kappa shape index (κ1) is 121. The van der Waals surface area contributed by atoms with E-state index in [1.165, 1.54) is 26.7 Å². The first-order valence-corrected chi connectivity index (χ1v) is 51.8. The van der Waals surface area contributed by atoms with E-state index in [-0.39, 0.29) is 118 Å². The third kappa shape index (κ3) is 48.3. The van der Waals surface area contributed by atoms with Gasteiger partial charge >= 0.3 is 103 Å². The number of hydrogen-bond donors (Lipinski definition) is 10. The van der Waals surface area contributed by atoms with Crippen LogP contribution in [0.3, 0.4) is 0 Å². The molecule has 10 N–H and O–H groups in total. The molecule has 0 saturated carbocycles. The summed E-state index contributed by atoms with van der Waals surface area (Å²) in [6.45, 7) is 16.5. The van der Waals surface area contributed by atoms with Crippen molar-refractivity contribution in [2.24, 2.45) is 0 Å². The van der Waals surface area contributed by atoms with Crippen LogP contribution in [-0.2, 0) is 157 Å². The Kier molecular flexibility index (Phi) is 61.8. The van der Waals surface area contributed by atoms with Gasteiger partial charge in [0.05, 0.1) is 39.6 Å². The van der Waals surface area contributed by atoms with Crippen molar-refractivity contribution in [1.29, 1.82) is 0 Å². The highest BCUT2D eigenvalue weighted by Crippen LogP contribution is 2.77. The van der Waals surface area contributed by atoms with Gasteiger partial charge in [0, 0.05) is 140 Å². The van der Waals surface area contributed by atoms with Crippen molar-refractivity contribution in [3.8, 4) is 0 Å². The van der Waals surface area contributed by atoms with E-state index in [4.69, 9.17) is 119 Å². The lowest BCUT2D eigenvalue weighted by Gasteiger charge is -2.36. The summed E-state index contributed by atoms with van der Waals surface area (Å²) in [5, 5.41) is 30.3. The van der Waals surface area contributed by atoms with Crippen molar-refractivity contribution in [2.75, 3.05) is 174 Å². The van der Waals surface area contributed by atoms with Gasteiger partial charge in [-0.15, -0.1) is 11.6 Å². The molecule has 55 heteroatoms. The van der Waals surface area contributed by atoms with E-state index in [0.29, 0.717) is 25.1 Å². The van der Waals surface area contributed by atoms with E-state index in [1.54, 1.807) is 62.3 Å². The molecule has 7 unspecified atom stereocenters. The second-order valence-electron chi connectivity index (χ2n) is 24.8. The van der Waals surface area contributed by atoms with Crippen LogP contribution < -0.4 is 16.0 Å². The average molecular weight is 1880 g/mol. The second-order valence-corrected chi connectivity index (χ2v) is 46.9. The lowest BCUT2D eigenvalue weighted by Crippen LogP contribution is -2.41. The van der Waals surface area contributed by atoms with Crippen molar-refractivity contribution in [3.05, 3.63) is 0 Å². The molecular formula is C60H127ClN3O42P9. The molecular weight excluding hydrogens is 1750 g/mol. The zero-order valence-corrected chi connectivity index (χ0v) is 77.0. The summed E-state index contributed by atoms with van der Waals surface area (Å²) in [6.07, 6.45) is -1.19. The molecule has 0 aromatic carbocycles. The molecule has 0 aromatic rings. The first-order valence-electron chi connectivity index (χ1n) is 34.9. The molecule has 0 saturated heterocycles. The summed E-state index contributed by atoms with van der Waals surface area (Å²) in [5.41, 5.74) is -0.625. The van der Waals surface area contributed by atoms with Gasteiger partial charge in [-0.05, 0) is 53.4 Å². The molecule has 0 bridgehead atoms. The van der Waals surface area contributed by atoms with Crippen LogP contribution >= 0.6 is 79.5 Å². The molecule has 0 heterocycles. The van der Waals surface area contributed by atoms with Crippen molar-refractivity contribution in [3.63, 3.8) is 0 Å². The fraction of sp³-hybridized carbons (Fsp3) is 0.883. The number of alkyl carbamates (subject to hydrolysis) is 1. The van der Waals surface area contributed by atoms with Crippen molar-refractivity contribution >= 4 is 121 Å². The second kappa shape index (κ2) is 58.6. The summed E-state index contributed by atoms with van der Waals surface area (Å²) >= 11 is 5.57. The largest absolute Gasteiger partial charge is 0.462 e. The minimum atomic E-state index is -5.61. The number of rotatable bonds is 57. The zero-order valence-electron chi connectivity index (χ0n) is 68.2. The maximum Gasteiger partial charge on any atom is 0.407 e. The standard InChI is InChI=1S/C18H38NO12P3.C17H32NO9P.C14H30NO14P3.C10H23ClO7P2.CH4/c1-8-16(20)28-12-15(31-17(21)9-2)13-30-33(7,24)29-11-10-19-14-18(22,32(5,6)23)34(25,26-3)27-4;1-7-14(19)23-11-13(26-15(20)8-2)12-25-28(6,22)24-10-9-18-16(21)27-17(3,4)5;1-4-12(16)26-8-11(29-13(17)5-2)9-28-30(3,19)27-7-6-15-10-14(18,31(20,21)22)32(23,24)25;1-15-19(13,16-2)10(12,8-6-5-7-9-11)20(14,17-3)18-4;/h15,19,22H,8-14H2,1-7H3;13H,7-12H2,1-6H3,(H,18,21);11,15,18H,4-10H2,1-3H3,(H2,20,21,22)(H2,23,24,25);12H,5-9H2,1-4H3;1H4. The lowest BCUT2D eigenvalue weighted by atomic mass is 10.2. The van der Waals surface area contributed by atoms with Crippen LogP contribution in [0.4, 0.5) is 4.79 Å². The molecule has 0 aliphatic carbocycles. The molecule has 45 nitrogen and oxygen atoms in total. The van der Waals surface area contributed by atoms with Gasteiger partial charge in [0.25, 0.3) is 10.2 Å². The molecule has 0 aliphatic rings. The quantitative estimate of drug-likeness (QED) is 0.00893. The van der Waals surface area contributed by atoms with E-state index in [2.05, 4.69) is 16.0 Å². The molecule has 0 rings (SSSR count). The van der Waals surface area contributed by atoms with Gasteiger partial charge in [-0.2, -0.15) is 0 Å². The smallest absolute Gasteiger partial charge is 0.407 e. The Labute approximate surface area is 678 Å². The number of aliphatic hydroxyl groups is 3. The molecule has 686 valence electrons. The lowest BCUT2D eigenvalue weighted by molar-refractivity contribution is -0.160. The molecule has 0 radical (unpaired) electrons. The van der Waals surface area contributed by atoms with Gasteiger partial charge in [-0.3, -0.25) is 65.3 Å². The van der Waals surface area contributed by atoms with Gasteiger partial charge in [0.1, 0.15) is 32.6 Å². The Morgan fingerprint density at radius 2 is 0.670 bits per heavy atom. The summed E-state index contributed by atoms with van der Waals surface area (Å²) in [4.78, 5) is 116. The summed E-state index contributed by atoms with van der Waals surface area (Å²) in [7, 11) is -31.2. The Hall–Kier alpha value is -2.39. The van der Waals surface area contributed by atoms with Crippen molar-refractivity contribution < 1.29 is 197 Å². The molecule has 0 aromatic heterocycles. The highest BCUT2D eigenvalue weighted by molar-refractivity contribution is 7.78. The van der Waals surface area contributed by atoms with Crippen LogP contribution in [0.1, 0.15) is 134 Å². The van der Waals surface area contributed by atoms with Crippen LogP contribution in [0, 0.1) is 0 Å². The fourth-order valence-electron chi connectivity index (χ4n) is 7.66. The van der Waals surface area contributed by atoms with Gasteiger partial charge in [-0.25, -0.2) is 4.79 Å². The van der Waals surface area contributed by atoms with Gasteiger partial charge in [0.2, 0.25) is 5.08 Å². The topological polar surface area (TPSA) is 626 Å². The van der Waals surface area contributed by atoms with Crippen LogP contribution in [0.15, 0.2) is 0 Å². The minimum Gasteiger partial charge on any atom is -0.462 e. The van der Waals surface area contributed by atoms with Gasteiger partial charge in [-0.1, -0.05) is 55.4 Å². The number of ether oxygens (including phenoxy) is 7. The van der Waals surface area contributed by atoms with E-state index >= 15 is 0 Å². The number of unbranched alkanes of at least 4 members (excludes halogenated alkanes) is 2. The van der Waals surface area contributed by atoms with Crippen molar-refractivity contribution in [1.82, 2.24) is 16.0 Å². The summed E-state index contributed by atoms with van der Waals surface area (Å²) < 4.78 is 205. The molecule has 7 atom stereocenters. The van der Waals surface area contributed by atoms with Crippen molar-refractivity contribution in [2.45, 2.75) is 173 Å². The number of hydrogen-bond acceptors (Lipinski definition) is 40. The molecule has 115 heavy (non-hydrogen) atoms. The Morgan fingerprint density at radius 3 is 0.922 bits per heavy atom. The molecule has 0 spiro atoms. The number of halogens is 1. The number of carbonyl (C=O) groups excluding carboxylic acids is 7. The maximum atomic E-state index is 12.7. The third-order valence-corrected chi connectivity index (χ3v) is 33.6. The first-order chi connectivity index (χ1) is 52.3. The zero-order chi connectivity index (χ0) is 89.5. The minimum absolute atomic E-state index is 0. The SMILES string of the molecule is C.CCC(=O)OCC(COP(C)(=O)OCCNC(=O)OC(C)(C)C)OC(=O)CC.CCC(=O)OCC(COP(C)(=O)OCCNCC(O)(P(=O)(O)O)P(=O)(O)O)OC(=O)CC.CCC(=O)OCC(COP(C)(=O)OCCNCC(O)(P(C)(C)=O)P(=O)(OC)OC)OC(=O)CC.COP(=O)(OC)C(O)(CCCCCCl)P(=O)(OC)OC. The number of esters is 6. The van der Waals surface area contributed by atoms with Gasteiger partial charge in [0.15, 0.2) is 18.3 Å². The normalized spacial score (nSPS) is 15.2. The van der Waals surface area contributed by atoms with E-state index in [9.17, 15) is 90.0 Å². The highest BCUT2D eigenvalue weighted by atomic mass is 35.5. The predicted molar refractivity (Wildman–Crippen MR) is 420 cm³/mol. The Bertz CT molecular complexity index is 3260. The van der Waals surface area contributed by atoms with Crippen LogP contribution in [0.5, 0.6) is 0 Å². The molecule has 1 amide bonds. The monoisotopic (exact) mass is 1880 g/mol. The highest BCUT2D eigenvalue weighted by Gasteiger charge is 2.64. The Balaban J connectivity index is -0.000000473. The van der Waals surface area contributed by atoms with Crippen LogP contribution in [0.25, 0.3) is 0 Å².